The van der Waals surface area contributed by atoms with Crippen molar-refractivity contribution in [2.75, 3.05) is 33.8 Å². The molecule has 1 unspecified atom stereocenters. The highest BCUT2D eigenvalue weighted by Crippen LogP contribution is 2.14. The summed E-state index contributed by atoms with van der Waals surface area (Å²) in [6, 6.07) is 4.62. The molecule has 0 radical (unpaired) electrons. The standard InChI is InChI=1S/C17H28N4O2S.HI/c1-13(11-15-5-4-10-24-15)12-19-16(18-2)20-14-6-8-21(9-7-14)17(22)23-3;/h4-5,10,13-14H,6-9,11-12H2,1-3H3,(H2,18,19,20);1H. The highest BCUT2D eigenvalue weighted by Gasteiger charge is 2.23. The van der Waals surface area contributed by atoms with Crippen LogP contribution < -0.4 is 10.6 Å². The Morgan fingerprint density at radius 1 is 1.48 bits per heavy atom. The van der Waals surface area contributed by atoms with E-state index in [-0.39, 0.29) is 30.1 Å². The van der Waals surface area contributed by atoms with Crippen molar-refractivity contribution in [3.63, 3.8) is 0 Å². The third kappa shape index (κ3) is 7.39. The second kappa shape index (κ2) is 11.6. The molecule has 2 N–H and O–H groups in total. The number of piperidine rings is 1. The first-order valence-electron chi connectivity index (χ1n) is 8.44. The van der Waals surface area contributed by atoms with Crippen LogP contribution in [0.25, 0.3) is 0 Å². The molecule has 2 rings (SSSR count). The smallest absolute Gasteiger partial charge is 0.409 e. The van der Waals surface area contributed by atoms with E-state index < -0.39 is 0 Å². The lowest BCUT2D eigenvalue weighted by Crippen LogP contribution is -2.50. The number of amides is 1. The zero-order valence-corrected chi connectivity index (χ0v) is 18.3. The molecular formula is C17H29IN4O2S. The van der Waals surface area contributed by atoms with Gasteiger partial charge in [-0.15, -0.1) is 35.3 Å². The number of ether oxygens (including phenoxy) is 1. The highest BCUT2D eigenvalue weighted by molar-refractivity contribution is 14.0. The Morgan fingerprint density at radius 2 is 2.20 bits per heavy atom. The Labute approximate surface area is 171 Å². The van der Waals surface area contributed by atoms with Gasteiger partial charge in [-0.2, -0.15) is 0 Å². The van der Waals surface area contributed by atoms with E-state index in [0.717, 1.165) is 44.9 Å². The van der Waals surface area contributed by atoms with Crippen LogP contribution in [0.5, 0.6) is 0 Å². The molecule has 0 saturated carbocycles. The molecule has 0 aliphatic carbocycles. The molecule has 2 heterocycles. The minimum Gasteiger partial charge on any atom is -0.453 e. The number of carbonyl (C=O) groups excluding carboxylic acids is 1. The van der Waals surface area contributed by atoms with Gasteiger partial charge in [0, 0.05) is 37.6 Å². The molecule has 0 spiro atoms. The summed E-state index contributed by atoms with van der Waals surface area (Å²) in [7, 11) is 3.22. The number of likely N-dealkylation sites (tertiary alicyclic amines) is 1. The number of aliphatic imine (C=N–C) groups is 1. The van der Waals surface area contributed by atoms with Crippen molar-refractivity contribution in [1.29, 1.82) is 0 Å². The largest absolute Gasteiger partial charge is 0.453 e. The van der Waals surface area contributed by atoms with Gasteiger partial charge in [0.25, 0.3) is 0 Å². The minimum atomic E-state index is -0.238. The van der Waals surface area contributed by atoms with Crippen LogP contribution in [-0.4, -0.2) is 56.8 Å². The molecule has 25 heavy (non-hydrogen) atoms. The summed E-state index contributed by atoms with van der Waals surface area (Å²) in [6.45, 7) is 4.57. The van der Waals surface area contributed by atoms with E-state index in [4.69, 9.17) is 4.74 Å². The van der Waals surface area contributed by atoms with Crippen LogP contribution >= 0.6 is 35.3 Å². The van der Waals surface area contributed by atoms with Gasteiger partial charge in [-0.05, 0) is 36.6 Å². The third-order valence-electron chi connectivity index (χ3n) is 4.24. The lowest BCUT2D eigenvalue weighted by Gasteiger charge is -2.32. The lowest BCUT2D eigenvalue weighted by molar-refractivity contribution is 0.111. The topological polar surface area (TPSA) is 66.0 Å². The van der Waals surface area contributed by atoms with E-state index >= 15 is 0 Å². The number of hydrogen-bond acceptors (Lipinski definition) is 4. The molecule has 0 aromatic carbocycles. The van der Waals surface area contributed by atoms with Crippen LogP contribution in [0.3, 0.4) is 0 Å². The first-order chi connectivity index (χ1) is 11.6. The third-order valence-corrected chi connectivity index (χ3v) is 5.14. The average Bonchev–Trinajstić information content (AvgIpc) is 3.11. The summed E-state index contributed by atoms with van der Waals surface area (Å²) in [5, 5.41) is 8.99. The van der Waals surface area contributed by atoms with E-state index in [1.807, 2.05) is 11.3 Å². The number of thiophene rings is 1. The Balaban J connectivity index is 0.00000312. The first-order valence-corrected chi connectivity index (χ1v) is 9.32. The van der Waals surface area contributed by atoms with Crippen molar-refractivity contribution in [2.45, 2.75) is 32.2 Å². The van der Waals surface area contributed by atoms with Crippen molar-refractivity contribution < 1.29 is 9.53 Å². The fourth-order valence-corrected chi connectivity index (χ4v) is 3.71. The van der Waals surface area contributed by atoms with Gasteiger partial charge in [0.15, 0.2) is 5.96 Å². The number of methoxy groups -OCH3 is 1. The zero-order valence-electron chi connectivity index (χ0n) is 15.2. The summed E-state index contributed by atoms with van der Waals surface area (Å²) in [5.74, 6) is 1.38. The average molecular weight is 480 g/mol. The number of nitrogens with zero attached hydrogens (tertiary/aromatic N) is 2. The van der Waals surface area contributed by atoms with Crippen LogP contribution in [0.4, 0.5) is 4.79 Å². The molecule has 1 atom stereocenters. The predicted octanol–water partition coefficient (Wildman–Crippen LogP) is 2.94. The Hall–Kier alpha value is -1.03. The SMILES string of the molecule is CN=C(NCC(C)Cc1cccs1)NC1CCN(C(=O)OC)CC1.I. The Kier molecular flexibility index (Phi) is 10.2. The van der Waals surface area contributed by atoms with Gasteiger partial charge in [0.1, 0.15) is 0 Å². The van der Waals surface area contributed by atoms with Crippen molar-refractivity contribution >= 4 is 47.4 Å². The van der Waals surface area contributed by atoms with Gasteiger partial charge in [-0.3, -0.25) is 4.99 Å². The molecule has 1 fully saturated rings. The summed E-state index contributed by atoms with van der Waals surface area (Å²) in [5.41, 5.74) is 0. The van der Waals surface area contributed by atoms with Crippen LogP contribution in [0.2, 0.25) is 0 Å². The molecule has 1 aliphatic heterocycles. The maximum absolute atomic E-state index is 11.5. The summed E-state index contributed by atoms with van der Waals surface area (Å²) in [6.07, 6.45) is 2.65. The second-order valence-corrected chi connectivity index (χ2v) is 7.25. The normalized spacial score (nSPS) is 16.8. The van der Waals surface area contributed by atoms with Crippen LogP contribution in [-0.2, 0) is 11.2 Å². The van der Waals surface area contributed by atoms with Crippen molar-refractivity contribution in [3.05, 3.63) is 22.4 Å². The van der Waals surface area contributed by atoms with Crippen LogP contribution in [0.15, 0.2) is 22.5 Å². The van der Waals surface area contributed by atoms with E-state index in [0.29, 0.717) is 12.0 Å². The van der Waals surface area contributed by atoms with Gasteiger partial charge in [-0.25, -0.2) is 4.79 Å². The highest BCUT2D eigenvalue weighted by atomic mass is 127. The van der Waals surface area contributed by atoms with E-state index in [1.165, 1.54) is 12.0 Å². The Morgan fingerprint density at radius 3 is 2.76 bits per heavy atom. The summed E-state index contributed by atoms with van der Waals surface area (Å²) in [4.78, 5) is 19.0. The number of nitrogens with one attached hydrogen (secondary N) is 2. The van der Waals surface area contributed by atoms with Gasteiger partial charge >= 0.3 is 6.09 Å². The maximum Gasteiger partial charge on any atom is 0.409 e. The molecule has 6 nitrogen and oxygen atoms in total. The summed E-state index contributed by atoms with van der Waals surface area (Å²) < 4.78 is 4.77. The number of rotatable bonds is 5. The molecule has 1 aromatic heterocycles. The second-order valence-electron chi connectivity index (χ2n) is 6.22. The van der Waals surface area contributed by atoms with E-state index in [2.05, 4.69) is 40.1 Å². The monoisotopic (exact) mass is 480 g/mol. The molecule has 1 aromatic rings. The van der Waals surface area contributed by atoms with Crippen molar-refractivity contribution in [3.8, 4) is 0 Å². The molecule has 1 saturated heterocycles. The Bertz CT molecular complexity index is 531. The number of guanidine groups is 1. The molecule has 0 bridgehead atoms. The van der Waals surface area contributed by atoms with E-state index in [1.54, 1.807) is 11.9 Å². The van der Waals surface area contributed by atoms with Gasteiger partial charge in [0.2, 0.25) is 0 Å². The number of carbonyl (C=O) groups is 1. The van der Waals surface area contributed by atoms with Crippen molar-refractivity contribution in [2.24, 2.45) is 10.9 Å². The van der Waals surface area contributed by atoms with Crippen LogP contribution in [0.1, 0.15) is 24.6 Å². The molecule has 8 heteroatoms. The fraction of sp³-hybridized carbons (Fsp3) is 0.647. The minimum absolute atomic E-state index is 0. The zero-order chi connectivity index (χ0) is 17.4. The number of halogens is 1. The van der Waals surface area contributed by atoms with Crippen molar-refractivity contribution in [1.82, 2.24) is 15.5 Å². The maximum atomic E-state index is 11.5. The number of hydrogen-bond donors (Lipinski definition) is 2. The van der Waals surface area contributed by atoms with Gasteiger partial charge in [0.05, 0.1) is 7.11 Å². The summed E-state index contributed by atoms with van der Waals surface area (Å²) >= 11 is 1.81. The quantitative estimate of drug-likeness (QED) is 0.387. The van der Waals surface area contributed by atoms with Gasteiger partial charge < -0.3 is 20.3 Å². The first kappa shape index (κ1) is 22.0. The predicted molar refractivity (Wildman–Crippen MR) is 114 cm³/mol. The van der Waals surface area contributed by atoms with E-state index in [9.17, 15) is 4.79 Å². The fourth-order valence-electron chi connectivity index (χ4n) is 2.84. The molecular weight excluding hydrogens is 451 g/mol. The van der Waals surface area contributed by atoms with Crippen LogP contribution in [0, 0.1) is 5.92 Å². The molecule has 142 valence electrons. The lowest BCUT2D eigenvalue weighted by atomic mass is 10.1. The molecule has 1 aliphatic rings. The molecule has 1 amide bonds. The van der Waals surface area contributed by atoms with Gasteiger partial charge in [-0.1, -0.05) is 13.0 Å².